The van der Waals surface area contributed by atoms with Gasteiger partial charge in [-0.15, -0.1) is 0 Å². The zero-order valence-corrected chi connectivity index (χ0v) is 14.9. The van der Waals surface area contributed by atoms with Gasteiger partial charge in [-0.2, -0.15) is 8.42 Å². The highest BCUT2D eigenvalue weighted by molar-refractivity contribution is 7.87. The van der Waals surface area contributed by atoms with Gasteiger partial charge in [-0.05, 0) is 36.4 Å². The number of hydrogen-bond donors (Lipinski definition) is 2. The van der Waals surface area contributed by atoms with Crippen molar-refractivity contribution in [1.82, 2.24) is 4.90 Å². The Morgan fingerprint density at radius 1 is 0.963 bits per heavy atom. The Morgan fingerprint density at radius 2 is 1.52 bits per heavy atom. The van der Waals surface area contributed by atoms with E-state index < -0.39 is 33.4 Å². The summed E-state index contributed by atoms with van der Waals surface area (Å²) in [6, 6.07) is 9.64. The highest BCUT2D eigenvalue weighted by Gasteiger charge is 2.26. The number of anilines is 2. The Hall–Kier alpha value is -2.72. The highest BCUT2D eigenvalue weighted by atomic mass is 32.2. The molecule has 0 aromatic heterocycles. The first-order valence-electron chi connectivity index (χ1n) is 8.08. The summed E-state index contributed by atoms with van der Waals surface area (Å²) in [5.74, 6) is -2.45. The molecule has 1 aliphatic heterocycles. The Labute approximate surface area is 155 Å². The average molecular weight is 397 g/mol. The van der Waals surface area contributed by atoms with Gasteiger partial charge in [-0.3, -0.25) is 14.1 Å². The molecule has 1 aliphatic rings. The molecular weight excluding hydrogens is 380 g/mol. The molecule has 2 aromatic carbocycles. The maximum atomic E-state index is 13.8. The monoisotopic (exact) mass is 397 g/mol. The van der Waals surface area contributed by atoms with Crippen LogP contribution in [0.3, 0.4) is 0 Å². The van der Waals surface area contributed by atoms with Gasteiger partial charge in [-0.1, -0.05) is 6.07 Å². The molecule has 1 saturated heterocycles. The Kier molecular flexibility index (Phi) is 5.29. The van der Waals surface area contributed by atoms with E-state index in [-0.39, 0.29) is 18.8 Å². The molecule has 1 fully saturated rings. The van der Waals surface area contributed by atoms with Crippen molar-refractivity contribution in [2.45, 2.75) is 0 Å². The molecule has 1 heterocycles. The van der Waals surface area contributed by atoms with Crippen LogP contribution in [0.4, 0.5) is 20.2 Å². The minimum absolute atomic E-state index is 0.213. The molecule has 0 aliphatic carbocycles. The molecule has 2 aromatic rings. The van der Waals surface area contributed by atoms with E-state index in [1.807, 2.05) is 9.62 Å². The number of piperazine rings is 1. The predicted molar refractivity (Wildman–Crippen MR) is 96.1 cm³/mol. The number of carbonyl (C=O) groups excluding carboxylic acids is 1. The van der Waals surface area contributed by atoms with E-state index in [0.717, 1.165) is 17.8 Å². The molecule has 0 spiro atoms. The molecule has 10 heteroatoms. The van der Waals surface area contributed by atoms with E-state index in [1.165, 1.54) is 23.1 Å². The van der Waals surface area contributed by atoms with E-state index in [2.05, 4.69) is 0 Å². The van der Waals surface area contributed by atoms with Crippen LogP contribution in [0, 0.1) is 11.6 Å². The number of halogens is 2. The van der Waals surface area contributed by atoms with E-state index in [9.17, 15) is 22.0 Å². The molecule has 0 atom stereocenters. The summed E-state index contributed by atoms with van der Waals surface area (Å²) in [6.07, 6.45) is 0. The van der Waals surface area contributed by atoms with Crippen LogP contribution in [-0.4, -0.2) is 50.0 Å². The van der Waals surface area contributed by atoms with Crippen molar-refractivity contribution >= 4 is 27.6 Å². The SMILES string of the molecule is O=C(c1c(F)cccc1F)N1CCN(c2ccc(NS(=O)(=O)O)cc2)CC1. The summed E-state index contributed by atoms with van der Waals surface area (Å²) in [5.41, 5.74) is 0.455. The largest absolute Gasteiger partial charge is 0.368 e. The van der Waals surface area contributed by atoms with Crippen LogP contribution in [0.15, 0.2) is 42.5 Å². The third-order valence-corrected chi connectivity index (χ3v) is 4.72. The number of nitrogens with one attached hydrogen (secondary N) is 1. The fourth-order valence-electron chi connectivity index (χ4n) is 2.92. The fourth-order valence-corrected chi connectivity index (χ4v) is 3.35. The van der Waals surface area contributed by atoms with Gasteiger partial charge in [0.2, 0.25) is 0 Å². The lowest BCUT2D eigenvalue weighted by Crippen LogP contribution is -2.49. The van der Waals surface area contributed by atoms with Crippen LogP contribution in [0.5, 0.6) is 0 Å². The first-order valence-corrected chi connectivity index (χ1v) is 9.52. The van der Waals surface area contributed by atoms with Crippen molar-refractivity contribution < 1.29 is 26.5 Å². The second-order valence-electron chi connectivity index (χ2n) is 6.00. The van der Waals surface area contributed by atoms with E-state index in [0.29, 0.717) is 13.1 Å². The van der Waals surface area contributed by atoms with E-state index in [1.54, 1.807) is 12.1 Å². The molecule has 0 bridgehead atoms. The molecule has 27 heavy (non-hydrogen) atoms. The fraction of sp³-hybridized carbons (Fsp3) is 0.235. The average Bonchev–Trinajstić information content (AvgIpc) is 2.61. The lowest BCUT2D eigenvalue weighted by molar-refractivity contribution is 0.0737. The van der Waals surface area contributed by atoms with Gasteiger partial charge in [0, 0.05) is 31.9 Å². The third kappa shape index (κ3) is 4.52. The molecular formula is C17H17F2N3O4S. The minimum atomic E-state index is -4.33. The first-order chi connectivity index (χ1) is 12.7. The molecule has 0 unspecified atom stereocenters. The summed E-state index contributed by atoms with van der Waals surface area (Å²) >= 11 is 0. The summed E-state index contributed by atoms with van der Waals surface area (Å²) in [7, 11) is -4.33. The Morgan fingerprint density at radius 3 is 2.04 bits per heavy atom. The number of amides is 1. The maximum absolute atomic E-state index is 13.8. The Bertz CT molecular complexity index is 923. The predicted octanol–water partition coefficient (Wildman–Crippen LogP) is 2.14. The van der Waals surface area contributed by atoms with Gasteiger partial charge in [-0.25, -0.2) is 8.78 Å². The van der Waals surface area contributed by atoms with Crippen LogP contribution in [0.2, 0.25) is 0 Å². The summed E-state index contributed by atoms with van der Waals surface area (Å²) in [5, 5.41) is 0. The topological polar surface area (TPSA) is 90.0 Å². The lowest BCUT2D eigenvalue weighted by Gasteiger charge is -2.36. The molecule has 144 valence electrons. The third-order valence-electron chi connectivity index (χ3n) is 4.22. The number of nitrogens with zero attached hydrogens (tertiary/aromatic N) is 2. The van der Waals surface area contributed by atoms with Gasteiger partial charge in [0.05, 0.1) is 5.69 Å². The summed E-state index contributed by atoms with van der Waals surface area (Å²) in [6.45, 7) is 1.48. The standard InChI is InChI=1S/C17H17F2N3O4S/c18-14-2-1-3-15(19)16(14)17(23)22-10-8-21(9-11-22)13-6-4-12(5-7-13)20-27(24,25)26/h1-7,20H,8-11H2,(H,24,25,26). The first kappa shape index (κ1) is 19.1. The quantitative estimate of drug-likeness (QED) is 0.772. The zero-order valence-electron chi connectivity index (χ0n) is 14.1. The van der Waals surface area contributed by atoms with Crippen molar-refractivity contribution in [2.24, 2.45) is 0 Å². The lowest BCUT2D eigenvalue weighted by atomic mass is 10.1. The molecule has 2 N–H and O–H groups in total. The smallest absolute Gasteiger partial charge is 0.357 e. The van der Waals surface area contributed by atoms with Crippen molar-refractivity contribution in [3.8, 4) is 0 Å². The van der Waals surface area contributed by atoms with Gasteiger partial charge in [0.25, 0.3) is 5.91 Å². The van der Waals surface area contributed by atoms with Crippen LogP contribution < -0.4 is 9.62 Å². The summed E-state index contributed by atoms with van der Waals surface area (Å²) < 4.78 is 59.9. The van der Waals surface area contributed by atoms with Crippen LogP contribution in [0.1, 0.15) is 10.4 Å². The number of carbonyl (C=O) groups is 1. The second-order valence-corrected chi connectivity index (χ2v) is 7.15. The van der Waals surface area contributed by atoms with E-state index >= 15 is 0 Å². The number of rotatable bonds is 4. The van der Waals surface area contributed by atoms with Crippen molar-refractivity contribution in [2.75, 3.05) is 35.8 Å². The van der Waals surface area contributed by atoms with Crippen molar-refractivity contribution in [1.29, 1.82) is 0 Å². The van der Waals surface area contributed by atoms with Gasteiger partial charge in [0.15, 0.2) is 0 Å². The van der Waals surface area contributed by atoms with Crippen molar-refractivity contribution in [3.63, 3.8) is 0 Å². The maximum Gasteiger partial charge on any atom is 0.357 e. The minimum Gasteiger partial charge on any atom is -0.368 e. The molecule has 3 rings (SSSR count). The Balaban J connectivity index is 1.64. The second kappa shape index (κ2) is 7.49. The van der Waals surface area contributed by atoms with E-state index in [4.69, 9.17) is 4.55 Å². The van der Waals surface area contributed by atoms with Crippen molar-refractivity contribution in [3.05, 3.63) is 59.7 Å². The van der Waals surface area contributed by atoms with Gasteiger partial charge < -0.3 is 9.80 Å². The van der Waals surface area contributed by atoms with Crippen LogP contribution in [0.25, 0.3) is 0 Å². The normalized spacial score (nSPS) is 14.9. The zero-order chi connectivity index (χ0) is 19.6. The molecule has 0 radical (unpaired) electrons. The highest BCUT2D eigenvalue weighted by Crippen LogP contribution is 2.21. The van der Waals surface area contributed by atoms with Gasteiger partial charge >= 0.3 is 10.3 Å². The summed E-state index contributed by atoms with van der Waals surface area (Å²) in [4.78, 5) is 15.8. The van der Waals surface area contributed by atoms with Crippen LogP contribution in [-0.2, 0) is 10.3 Å². The number of benzene rings is 2. The molecule has 0 saturated carbocycles. The van der Waals surface area contributed by atoms with Crippen LogP contribution >= 0.6 is 0 Å². The number of hydrogen-bond acceptors (Lipinski definition) is 4. The molecule has 7 nitrogen and oxygen atoms in total. The molecule has 1 amide bonds. The van der Waals surface area contributed by atoms with Gasteiger partial charge in [0.1, 0.15) is 17.2 Å².